The Morgan fingerprint density at radius 3 is 1.82 bits per heavy atom. The third kappa shape index (κ3) is 5.22. The van der Waals surface area contributed by atoms with Gasteiger partial charge in [-0.1, -0.05) is 0 Å². The third-order valence-electron chi connectivity index (χ3n) is 5.03. The second-order valence-electron chi connectivity index (χ2n) is 7.79. The number of halogens is 2. The van der Waals surface area contributed by atoms with Gasteiger partial charge in [0.2, 0.25) is 10.0 Å². The molecule has 0 aliphatic carbocycles. The van der Waals surface area contributed by atoms with Crippen molar-refractivity contribution in [3.8, 4) is 22.5 Å². The van der Waals surface area contributed by atoms with Crippen LogP contribution in [0.15, 0.2) is 71.6 Å². The van der Waals surface area contributed by atoms with Crippen LogP contribution in [0.3, 0.4) is 0 Å². The van der Waals surface area contributed by atoms with E-state index in [0.29, 0.717) is 40.1 Å². The lowest BCUT2D eigenvalue weighted by atomic mass is 10.0. The molecule has 0 radical (unpaired) electrons. The van der Waals surface area contributed by atoms with Crippen molar-refractivity contribution < 1.29 is 17.2 Å². The van der Waals surface area contributed by atoms with E-state index in [1.807, 2.05) is 19.0 Å². The van der Waals surface area contributed by atoms with Crippen LogP contribution in [0.2, 0.25) is 0 Å². The molecular formula is C24H22F2N4O2S. The van der Waals surface area contributed by atoms with Gasteiger partial charge in [0, 0.05) is 24.2 Å². The molecular weight excluding hydrogens is 446 g/mol. The number of benzene rings is 3. The van der Waals surface area contributed by atoms with Crippen LogP contribution in [0.4, 0.5) is 8.78 Å². The average Bonchev–Trinajstić information content (AvgIpc) is 2.78. The van der Waals surface area contributed by atoms with Crippen molar-refractivity contribution in [1.82, 2.24) is 19.6 Å². The minimum atomic E-state index is -3.73. The summed E-state index contributed by atoms with van der Waals surface area (Å²) in [6.07, 6.45) is 0. The molecule has 6 nitrogen and oxygen atoms in total. The smallest absolute Gasteiger partial charge is 0.240 e. The van der Waals surface area contributed by atoms with Crippen molar-refractivity contribution in [3.63, 3.8) is 0 Å². The van der Waals surface area contributed by atoms with E-state index < -0.39 is 15.8 Å². The van der Waals surface area contributed by atoms with Gasteiger partial charge in [0.15, 0.2) is 0 Å². The van der Waals surface area contributed by atoms with Crippen molar-refractivity contribution in [2.24, 2.45) is 0 Å². The molecule has 1 aromatic heterocycles. The Labute approximate surface area is 191 Å². The minimum absolute atomic E-state index is 0.0719. The molecule has 0 saturated carbocycles. The summed E-state index contributed by atoms with van der Waals surface area (Å²) in [7, 11) is -0.0198. The molecule has 0 saturated heterocycles. The molecule has 33 heavy (non-hydrogen) atoms. The fourth-order valence-electron chi connectivity index (χ4n) is 3.31. The lowest BCUT2D eigenvalue weighted by Crippen LogP contribution is -2.31. The molecule has 4 rings (SSSR count). The zero-order chi connectivity index (χ0) is 23.6. The van der Waals surface area contributed by atoms with Gasteiger partial charge >= 0.3 is 0 Å². The molecule has 170 valence electrons. The number of rotatable bonds is 7. The summed E-state index contributed by atoms with van der Waals surface area (Å²) < 4.78 is 55.0. The van der Waals surface area contributed by atoms with Crippen LogP contribution >= 0.6 is 0 Å². The number of sulfonamides is 1. The van der Waals surface area contributed by atoms with Crippen molar-refractivity contribution in [2.75, 3.05) is 27.2 Å². The quantitative estimate of drug-likeness (QED) is 0.442. The first-order valence-corrected chi connectivity index (χ1v) is 11.7. The molecule has 0 unspecified atom stereocenters. The minimum Gasteiger partial charge on any atom is -0.308 e. The standard InChI is InChI=1S/C24H22F2N4O2S/c1-30(2)14-13-27-33(31,32)20-11-12-21-22(15-20)29-24(17-5-9-19(26)10-6-17)23(28-21)16-3-7-18(25)8-4-16/h3-12,15,27H,13-14H2,1-2H3. The number of hydrogen-bond acceptors (Lipinski definition) is 5. The normalized spacial score (nSPS) is 11.9. The molecule has 4 aromatic rings. The lowest BCUT2D eigenvalue weighted by Gasteiger charge is -2.13. The topological polar surface area (TPSA) is 75.2 Å². The van der Waals surface area contributed by atoms with Crippen molar-refractivity contribution in [3.05, 3.63) is 78.4 Å². The SMILES string of the molecule is CN(C)CCNS(=O)(=O)c1ccc2nc(-c3ccc(F)cc3)c(-c3ccc(F)cc3)nc2c1. The molecule has 3 aromatic carbocycles. The fraction of sp³-hybridized carbons (Fsp3) is 0.167. The maximum atomic E-state index is 13.5. The van der Waals surface area contributed by atoms with Crippen LogP contribution < -0.4 is 4.72 Å². The number of likely N-dealkylation sites (N-methyl/N-ethyl adjacent to an activating group) is 1. The van der Waals surface area contributed by atoms with Crippen molar-refractivity contribution in [1.29, 1.82) is 0 Å². The highest BCUT2D eigenvalue weighted by Crippen LogP contribution is 2.31. The first-order chi connectivity index (χ1) is 15.7. The Kier molecular flexibility index (Phi) is 6.46. The van der Waals surface area contributed by atoms with E-state index in [1.165, 1.54) is 36.4 Å². The van der Waals surface area contributed by atoms with E-state index in [9.17, 15) is 17.2 Å². The van der Waals surface area contributed by atoms with Crippen molar-refractivity contribution >= 4 is 21.1 Å². The van der Waals surface area contributed by atoms with E-state index in [-0.39, 0.29) is 17.3 Å². The van der Waals surface area contributed by atoms with Crippen LogP contribution in [0.1, 0.15) is 0 Å². The first kappa shape index (κ1) is 22.9. The van der Waals surface area contributed by atoms with Gasteiger partial charge in [-0.2, -0.15) is 0 Å². The maximum absolute atomic E-state index is 13.5. The van der Waals surface area contributed by atoms with Crippen LogP contribution in [-0.2, 0) is 10.0 Å². The molecule has 1 heterocycles. The Bertz CT molecular complexity index is 1390. The van der Waals surface area contributed by atoms with E-state index >= 15 is 0 Å². The van der Waals surface area contributed by atoms with Crippen LogP contribution in [0, 0.1) is 11.6 Å². The predicted octanol–water partition coefficient (Wildman–Crippen LogP) is 4.08. The number of nitrogens with one attached hydrogen (secondary N) is 1. The van der Waals surface area contributed by atoms with E-state index in [2.05, 4.69) is 14.7 Å². The highest BCUT2D eigenvalue weighted by atomic mass is 32.2. The molecule has 0 aliphatic rings. The lowest BCUT2D eigenvalue weighted by molar-refractivity contribution is 0.412. The summed E-state index contributed by atoms with van der Waals surface area (Å²) in [5.74, 6) is -0.777. The fourth-order valence-corrected chi connectivity index (χ4v) is 4.35. The zero-order valence-corrected chi connectivity index (χ0v) is 18.9. The first-order valence-electron chi connectivity index (χ1n) is 10.2. The van der Waals surface area contributed by atoms with Gasteiger partial charge in [-0.3, -0.25) is 0 Å². The summed E-state index contributed by atoms with van der Waals surface area (Å²) in [4.78, 5) is 11.3. The van der Waals surface area contributed by atoms with Gasteiger partial charge in [-0.15, -0.1) is 0 Å². The van der Waals surface area contributed by atoms with E-state index in [0.717, 1.165) is 0 Å². The zero-order valence-electron chi connectivity index (χ0n) is 18.1. The molecule has 0 amide bonds. The summed E-state index contributed by atoms with van der Waals surface area (Å²) in [5.41, 5.74) is 3.00. The van der Waals surface area contributed by atoms with E-state index in [4.69, 9.17) is 0 Å². The van der Waals surface area contributed by atoms with Gasteiger partial charge in [-0.25, -0.2) is 31.9 Å². The van der Waals surface area contributed by atoms with Crippen LogP contribution in [-0.4, -0.2) is 50.5 Å². The largest absolute Gasteiger partial charge is 0.308 e. The highest BCUT2D eigenvalue weighted by Gasteiger charge is 2.18. The Hall–Kier alpha value is -3.27. The average molecular weight is 469 g/mol. The van der Waals surface area contributed by atoms with Gasteiger partial charge in [0.1, 0.15) is 11.6 Å². The number of aromatic nitrogens is 2. The van der Waals surface area contributed by atoms with Crippen LogP contribution in [0.25, 0.3) is 33.5 Å². The molecule has 0 fully saturated rings. The van der Waals surface area contributed by atoms with Gasteiger partial charge in [0.05, 0.1) is 27.3 Å². The molecule has 9 heteroatoms. The molecule has 0 atom stereocenters. The van der Waals surface area contributed by atoms with Gasteiger partial charge < -0.3 is 4.90 Å². The number of nitrogens with zero attached hydrogens (tertiary/aromatic N) is 3. The monoisotopic (exact) mass is 468 g/mol. The molecule has 0 spiro atoms. The van der Waals surface area contributed by atoms with Gasteiger partial charge in [-0.05, 0) is 80.8 Å². The molecule has 1 N–H and O–H groups in total. The number of fused-ring (bicyclic) bond motifs is 1. The van der Waals surface area contributed by atoms with Crippen molar-refractivity contribution in [2.45, 2.75) is 4.90 Å². The molecule has 0 bridgehead atoms. The van der Waals surface area contributed by atoms with Crippen LogP contribution in [0.5, 0.6) is 0 Å². The summed E-state index contributed by atoms with van der Waals surface area (Å²) in [5, 5.41) is 0. The van der Waals surface area contributed by atoms with E-state index in [1.54, 1.807) is 30.3 Å². The number of hydrogen-bond donors (Lipinski definition) is 1. The van der Waals surface area contributed by atoms with Gasteiger partial charge in [0.25, 0.3) is 0 Å². The highest BCUT2D eigenvalue weighted by molar-refractivity contribution is 7.89. The summed E-state index contributed by atoms with van der Waals surface area (Å²) in [6, 6.07) is 16.1. The maximum Gasteiger partial charge on any atom is 0.240 e. The Morgan fingerprint density at radius 2 is 1.30 bits per heavy atom. The molecule has 0 aliphatic heterocycles. The second-order valence-corrected chi connectivity index (χ2v) is 9.55. The third-order valence-corrected chi connectivity index (χ3v) is 6.49. The Balaban J connectivity index is 1.83. The summed E-state index contributed by atoms with van der Waals surface area (Å²) in [6.45, 7) is 0.825. The predicted molar refractivity (Wildman–Crippen MR) is 124 cm³/mol. The second kappa shape index (κ2) is 9.30. The summed E-state index contributed by atoms with van der Waals surface area (Å²) >= 11 is 0. The Morgan fingerprint density at radius 1 is 0.788 bits per heavy atom.